The van der Waals surface area contributed by atoms with Gasteiger partial charge in [-0.2, -0.15) is 0 Å². The van der Waals surface area contributed by atoms with E-state index in [1.807, 2.05) is 6.07 Å². The normalized spacial score (nSPS) is 11.7. The number of nitrogens with zero attached hydrogens (tertiary/aromatic N) is 3. The molecule has 0 aromatic carbocycles. The molecular formula is C16H26IN5OS. The Morgan fingerprint density at radius 3 is 2.46 bits per heavy atom. The van der Waals surface area contributed by atoms with Crippen LogP contribution in [0.1, 0.15) is 61.7 Å². The Balaban J connectivity index is 0.00000288. The van der Waals surface area contributed by atoms with E-state index in [2.05, 4.69) is 58.8 Å². The van der Waals surface area contributed by atoms with Crippen LogP contribution in [0.3, 0.4) is 0 Å². The average Bonchev–Trinajstić information content (AvgIpc) is 3.16. The lowest BCUT2D eigenvalue weighted by Gasteiger charge is -2.09. The molecular weight excluding hydrogens is 437 g/mol. The Bertz CT molecular complexity index is 598. The van der Waals surface area contributed by atoms with Gasteiger partial charge in [-0.15, -0.1) is 35.3 Å². The molecule has 134 valence electrons. The zero-order valence-corrected chi connectivity index (χ0v) is 17.9. The lowest BCUT2D eigenvalue weighted by molar-refractivity contribution is 0.372. The van der Waals surface area contributed by atoms with Crippen LogP contribution in [0, 0.1) is 0 Å². The summed E-state index contributed by atoms with van der Waals surface area (Å²) in [7, 11) is 1.75. The monoisotopic (exact) mass is 463 g/mol. The number of aromatic nitrogens is 2. The first-order valence-corrected chi connectivity index (χ1v) is 8.71. The molecule has 8 heteroatoms. The van der Waals surface area contributed by atoms with Gasteiger partial charge in [-0.25, -0.2) is 4.98 Å². The van der Waals surface area contributed by atoms with Gasteiger partial charge >= 0.3 is 0 Å². The zero-order valence-electron chi connectivity index (χ0n) is 14.8. The maximum atomic E-state index is 5.31. The second kappa shape index (κ2) is 9.97. The first kappa shape index (κ1) is 20.9. The first-order valence-electron chi connectivity index (χ1n) is 7.84. The summed E-state index contributed by atoms with van der Waals surface area (Å²) in [6.45, 7) is 9.69. The van der Waals surface area contributed by atoms with Gasteiger partial charge in [-0.05, 0) is 5.92 Å². The molecule has 0 bridgehead atoms. The number of halogens is 1. The summed E-state index contributed by atoms with van der Waals surface area (Å²) >= 11 is 1.70. The molecule has 0 aliphatic rings. The molecule has 0 aliphatic heterocycles. The molecule has 2 heterocycles. The van der Waals surface area contributed by atoms with Crippen molar-refractivity contribution in [3.8, 4) is 0 Å². The molecule has 0 atom stereocenters. The van der Waals surface area contributed by atoms with E-state index in [9.17, 15) is 0 Å². The third-order valence-corrected chi connectivity index (χ3v) is 4.52. The van der Waals surface area contributed by atoms with Gasteiger partial charge in [0.25, 0.3) is 0 Å². The number of hydrogen-bond acceptors (Lipinski definition) is 5. The van der Waals surface area contributed by atoms with Gasteiger partial charge < -0.3 is 15.2 Å². The molecule has 0 spiro atoms. The van der Waals surface area contributed by atoms with Crippen molar-refractivity contribution in [3.05, 3.63) is 33.6 Å². The van der Waals surface area contributed by atoms with Gasteiger partial charge in [0.05, 0.1) is 29.5 Å². The van der Waals surface area contributed by atoms with Crippen LogP contribution in [0.5, 0.6) is 0 Å². The molecule has 2 aromatic heterocycles. The molecule has 0 unspecified atom stereocenters. The smallest absolute Gasteiger partial charge is 0.191 e. The third kappa shape index (κ3) is 6.04. The summed E-state index contributed by atoms with van der Waals surface area (Å²) in [5.74, 6) is 2.34. The third-order valence-electron chi connectivity index (χ3n) is 3.32. The van der Waals surface area contributed by atoms with Crippen LogP contribution in [0.2, 0.25) is 0 Å². The van der Waals surface area contributed by atoms with Gasteiger partial charge in [0.15, 0.2) is 11.7 Å². The molecule has 0 saturated heterocycles. The van der Waals surface area contributed by atoms with E-state index in [4.69, 9.17) is 4.52 Å². The summed E-state index contributed by atoms with van der Waals surface area (Å²) in [4.78, 5) is 8.81. The van der Waals surface area contributed by atoms with E-state index >= 15 is 0 Å². The van der Waals surface area contributed by atoms with Gasteiger partial charge in [0.1, 0.15) is 0 Å². The standard InChI is InChI=1S/C16H25N5OS.HI/c1-10(2)14-6-13(22-21-14)8-19-16(17-5)18-7-12-9-23-15(20-12)11(3)4;/h6,9-11H,7-8H2,1-5H3,(H2,17,18,19);1H. The minimum absolute atomic E-state index is 0. The highest BCUT2D eigenvalue weighted by Gasteiger charge is 2.09. The van der Waals surface area contributed by atoms with E-state index in [0.717, 1.165) is 22.2 Å². The first-order chi connectivity index (χ1) is 11.0. The minimum Gasteiger partial charge on any atom is -0.359 e. The van der Waals surface area contributed by atoms with Crippen LogP contribution in [-0.2, 0) is 13.1 Å². The van der Waals surface area contributed by atoms with Crippen molar-refractivity contribution in [3.63, 3.8) is 0 Å². The van der Waals surface area contributed by atoms with E-state index < -0.39 is 0 Å². The maximum absolute atomic E-state index is 5.31. The lowest BCUT2D eigenvalue weighted by Crippen LogP contribution is -2.36. The van der Waals surface area contributed by atoms with Gasteiger partial charge in [0.2, 0.25) is 0 Å². The maximum Gasteiger partial charge on any atom is 0.191 e. The van der Waals surface area contributed by atoms with Gasteiger partial charge in [0, 0.05) is 24.4 Å². The molecule has 2 N–H and O–H groups in total. The van der Waals surface area contributed by atoms with Crippen LogP contribution in [0.15, 0.2) is 21.0 Å². The molecule has 6 nitrogen and oxygen atoms in total. The Morgan fingerprint density at radius 1 is 1.21 bits per heavy atom. The molecule has 2 rings (SSSR count). The summed E-state index contributed by atoms with van der Waals surface area (Å²) < 4.78 is 5.31. The second-order valence-corrected chi connectivity index (χ2v) is 6.87. The Kier molecular flexibility index (Phi) is 8.68. The summed E-state index contributed by atoms with van der Waals surface area (Å²) in [5, 5.41) is 13.8. The Morgan fingerprint density at radius 2 is 1.92 bits per heavy atom. The Hall–Kier alpha value is -1.16. The molecule has 0 fully saturated rings. The fourth-order valence-corrected chi connectivity index (χ4v) is 2.75. The summed E-state index contributed by atoms with van der Waals surface area (Å²) in [6, 6.07) is 1.97. The highest BCUT2D eigenvalue weighted by Crippen LogP contribution is 2.19. The Labute approximate surface area is 164 Å². The van der Waals surface area contributed by atoms with Crippen molar-refractivity contribution in [2.45, 2.75) is 52.6 Å². The fourth-order valence-electron chi connectivity index (χ4n) is 1.92. The topological polar surface area (TPSA) is 75.3 Å². The summed E-state index contributed by atoms with van der Waals surface area (Å²) in [6.07, 6.45) is 0. The highest BCUT2D eigenvalue weighted by atomic mass is 127. The van der Waals surface area contributed by atoms with Crippen LogP contribution < -0.4 is 10.6 Å². The molecule has 0 aliphatic carbocycles. The largest absolute Gasteiger partial charge is 0.359 e. The molecule has 0 amide bonds. The molecule has 0 radical (unpaired) electrons. The summed E-state index contributed by atoms with van der Waals surface area (Å²) in [5.41, 5.74) is 2.00. The van der Waals surface area contributed by atoms with E-state index in [0.29, 0.717) is 30.9 Å². The van der Waals surface area contributed by atoms with Crippen molar-refractivity contribution in [1.29, 1.82) is 0 Å². The van der Waals surface area contributed by atoms with Crippen molar-refractivity contribution in [2.24, 2.45) is 4.99 Å². The van der Waals surface area contributed by atoms with E-state index in [-0.39, 0.29) is 24.0 Å². The second-order valence-electron chi connectivity index (χ2n) is 5.98. The van der Waals surface area contributed by atoms with Crippen molar-refractivity contribution < 1.29 is 4.52 Å². The van der Waals surface area contributed by atoms with Crippen molar-refractivity contribution >= 4 is 41.3 Å². The SMILES string of the molecule is CN=C(NCc1csc(C(C)C)n1)NCc1cc(C(C)C)no1.I. The number of aliphatic imine (C=N–C) groups is 1. The van der Waals surface area contributed by atoms with Crippen molar-refractivity contribution in [2.75, 3.05) is 7.05 Å². The molecule has 24 heavy (non-hydrogen) atoms. The number of rotatable bonds is 6. The van der Waals surface area contributed by atoms with Gasteiger partial charge in [-0.1, -0.05) is 32.9 Å². The number of guanidine groups is 1. The molecule has 0 saturated carbocycles. The average molecular weight is 463 g/mol. The minimum atomic E-state index is 0. The predicted molar refractivity (Wildman–Crippen MR) is 109 cm³/mol. The zero-order chi connectivity index (χ0) is 16.8. The van der Waals surface area contributed by atoms with Crippen LogP contribution in [0.25, 0.3) is 0 Å². The van der Waals surface area contributed by atoms with Crippen LogP contribution >= 0.6 is 35.3 Å². The number of hydrogen-bond donors (Lipinski definition) is 2. The fraction of sp³-hybridized carbons (Fsp3) is 0.562. The predicted octanol–water partition coefficient (Wildman–Crippen LogP) is 3.86. The highest BCUT2D eigenvalue weighted by molar-refractivity contribution is 14.0. The number of thiazole rings is 1. The number of nitrogens with one attached hydrogen (secondary N) is 2. The van der Waals surface area contributed by atoms with E-state index in [1.54, 1.807) is 18.4 Å². The molecule has 2 aromatic rings. The van der Waals surface area contributed by atoms with Gasteiger partial charge in [-0.3, -0.25) is 4.99 Å². The lowest BCUT2D eigenvalue weighted by atomic mass is 10.1. The van der Waals surface area contributed by atoms with E-state index in [1.165, 1.54) is 0 Å². The van der Waals surface area contributed by atoms with Crippen LogP contribution in [-0.4, -0.2) is 23.1 Å². The quantitative estimate of drug-likeness (QED) is 0.387. The van der Waals surface area contributed by atoms with Crippen molar-refractivity contribution in [1.82, 2.24) is 20.8 Å². The van der Waals surface area contributed by atoms with Crippen LogP contribution in [0.4, 0.5) is 0 Å².